The van der Waals surface area contributed by atoms with Crippen LogP contribution in [-0.4, -0.2) is 20.2 Å². The Kier molecular flexibility index (Phi) is 4.88. The monoisotopic (exact) mass is 496 g/mol. The number of para-hydroxylation sites is 3. The lowest BCUT2D eigenvalue weighted by Gasteiger charge is -2.22. The van der Waals surface area contributed by atoms with Gasteiger partial charge >= 0.3 is 5.63 Å². The third-order valence-electron chi connectivity index (χ3n) is 7.05. The van der Waals surface area contributed by atoms with Crippen LogP contribution < -0.4 is 5.63 Å². The maximum atomic E-state index is 13.5. The minimum atomic E-state index is -0.889. The molecule has 7 aromatic rings. The van der Waals surface area contributed by atoms with Gasteiger partial charge in [0.05, 0.1) is 38.9 Å². The molecule has 38 heavy (non-hydrogen) atoms. The molecule has 6 heteroatoms. The maximum absolute atomic E-state index is 13.5. The highest BCUT2D eigenvalue weighted by molar-refractivity contribution is 6.11. The molecule has 0 saturated carbocycles. The number of benzene rings is 5. The van der Waals surface area contributed by atoms with E-state index in [9.17, 15) is 15.0 Å². The van der Waals surface area contributed by atoms with Crippen LogP contribution >= 0.6 is 0 Å². The van der Waals surface area contributed by atoms with E-state index in [1.54, 1.807) is 24.3 Å². The maximum Gasteiger partial charge on any atom is 0.344 e. The molecule has 6 nitrogen and oxygen atoms in total. The highest BCUT2D eigenvalue weighted by Crippen LogP contribution is 2.47. The van der Waals surface area contributed by atoms with Crippen LogP contribution in [0.2, 0.25) is 0 Å². The van der Waals surface area contributed by atoms with Gasteiger partial charge in [-0.15, -0.1) is 0 Å². The third-order valence-corrected chi connectivity index (χ3v) is 7.05. The van der Waals surface area contributed by atoms with Crippen LogP contribution in [0.25, 0.3) is 43.8 Å². The van der Waals surface area contributed by atoms with Gasteiger partial charge in [0.1, 0.15) is 17.1 Å². The largest absolute Gasteiger partial charge is 0.507 e. The van der Waals surface area contributed by atoms with Crippen LogP contribution in [0.15, 0.2) is 112 Å². The number of phenols is 1. The van der Waals surface area contributed by atoms with Crippen molar-refractivity contribution in [3.8, 4) is 11.5 Å². The fourth-order valence-corrected chi connectivity index (χ4v) is 5.33. The van der Waals surface area contributed by atoms with E-state index < -0.39 is 11.5 Å². The van der Waals surface area contributed by atoms with E-state index in [-0.39, 0.29) is 22.6 Å². The Morgan fingerprint density at radius 1 is 0.579 bits per heavy atom. The van der Waals surface area contributed by atoms with Gasteiger partial charge in [-0.05, 0) is 29.8 Å². The van der Waals surface area contributed by atoms with Crippen LogP contribution in [0.3, 0.4) is 0 Å². The van der Waals surface area contributed by atoms with Crippen molar-refractivity contribution < 1.29 is 14.6 Å². The fraction of sp³-hybridized carbons (Fsp3) is 0.0312. The van der Waals surface area contributed by atoms with Crippen molar-refractivity contribution in [2.24, 2.45) is 0 Å². The van der Waals surface area contributed by atoms with Gasteiger partial charge in [-0.3, -0.25) is 0 Å². The SMILES string of the molecule is O=c1oc2ccccc2c(O)c1C(c1ccccc1)c1c(O)c2ccccc2c2nc3ccccc3nc12. The lowest BCUT2D eigenvalue weighted by atomic mass is 9.82. The summed E-state index contributed by atoms with van der Waals surface area (Å²) in [5.74, 6) is -1.11. The van der Waals surface area contributed by atoms with Crippen molar-refractivity contribution in [2.75, 3.05) is 0 Å². The summed E-state index contributed by atoms with van der Waals surface area (Å²) in [5.41, 5.74) is 3.08. The summed E-state index contributed by atoms with van der Waals surface area (Å²) in [4.78, 5) is 23.4. The smallest absolute Gasteiger partial charge is 0.344 e. The Morgan fingerprint density at radius 2 is 1.13 bits per heavy atom. The van der Waals surface area contributed by atoms with Gasteiger partial charge in [-0.25, -0.2) is 14.8 Å². The molecule has 0 fully saturated rings. The zero-order chi connectivity index (χ0) is 25.8. The van der Waals surface area contributed by atoms with Gasteiger partial charge in [0.15, 0.2) is 0 Å². The first-order valence-electron chi connectivity index (χ1n) is 12.2. The average molecular weight is 497 g/mol. The summed E-state index contributed by atoms with van der Waals surface area (Å²) in [7, 11) is 0. The highest BCUT2D eigenvalue weighted by atomic mass is 16.4. The predicted octanol–water partition coefficient (Wildman–Crippen LogP) is 6.63. The van der Waals surface area contributed by atoms with Crippen LogP contribution in [-0.2, 0) is 0 Å². The average Bonchev–Trinajstić information content (AvgIpc) is 2.96. The van der Waals surface area contributed by atoms with Crippen LogP contribution in [0, 0.1) is 0 Å². The molecule has 0 aliphatic heterocycles. The Labute approximate surface area is 216 Å². The molecule has 1 unspecified atom stereocenters. The Bertz CT molecular complexity index is 2080. The van der Waals surface area contributed by atoms with Crippen LogP contribution in [0.4, 0.5) is 0 Å². The van der Waals surface area contributed by atoms with E-state index in [0.717, 1.165) is 5.39 Å². The molecule has 182 valence electrons. The molecule has 0 aliphatic rings. The molecule has 2 heterocycles. The number of aromatic nitrogens is 2. The number of rotatable bonds is 3. The molecule has 0 amide bonds. The molecule has 2 aromatic heterocycles. The minimum Gasteiger partial charge on any atom is -0.507 e. The first-order chi connectivity index (χ1) is 18.6. The molecule has 2 N–H and O–H groups in total. The molecule has 5 aromatic carbocycles. The quantitative estimate of drug-likeness (QED) is 0.162. The van der Waals surface area contributed by atoms with E-state index in [1.165, 1.54) is 0 Å². The summed E-state index contributed by atoms with van der Waals surface area (Å²) >= 11 is 0. The number of fused-ring (bicyclic) bond motifs is 5. The molecule has 0 aliphatic carbocycles. The molecule has 1 atom stereocenters. The van der Waals surface area contributed by atoms with Crippen molar-refractivity contribution in [1.82, 2.24) is 9.97 Å². The number of aromatic hydroxyl groups is 2. The van der Waals surface area contributed by atoms with E-state index >= 15 is 0 Å². The molecule has 0 radical (unpaired) electrons. The zero-order valence-corrected chi connectivity index (χ0v) is 20.0. The van der Waals surface area contributed by atoms with Crippen LogP contribution in [0.5, 0.6) is 11.5 Å². The predicted molar refractivity (Wildman–Crippen MR) is 148 cm³/mol. The topological polar surface area (TPSA) is 96.5 Å². The highest BCUT2D eigenvalue weighted by Gasteiger charge is 2.32. The molecule has 0 saturated heterocycles. The molecule has 0 spiro atoms. The Hall–Kier alpha value is -5.23. The Morgan fingerprint density at radius 3 is 1.87 bits per heavy atom. The lowest BCUT2D eigenvalue weighted by Crippen LogP contribution is -2.16. The van der Waals surface area contributed by atoms with Gasteiger partial charge in [0.2, 0.25) is 0 Å². The fourth-order valence-electron chi connectivity index (χ4n) is 5.33. The Balaban J connectivity index is 1.69. The van der Waals surface area contributed by atoms with Crippen LogP contribution in [0.1, 0.15) is 22.6 Å². The van der Waals surface area contributed by atoms with Gasteiger partial charge in [-0.2, -0.15) is 0 Å². The minimum absolute atomic E-state index is 0.0248. The third kappa shape index (κ3) is 3.24. The number of hydrogen-bond donors (Lipinski definition) is 2. The second-order valence-electron chi connectivity index (χ2n) is 9.21. The molecule has 0 bridgehead atoms. The summed E-state index contributed by atoms with van der Waals surface area (Å²) < 4.78 is 5.67. The second-order valence-corrected chi connectivity index (χ2v) is 9.21. The van der Waals surface area contributed by atoms with E-state index in [0.29, 0.717) is 44.0 Å². The van der Waals surface area contributed by atoms with Gasteiger partial charge in [-0.1, -0.05) is 78.9 Å². The standard InChI is InChI=1S/C32H20N2O4/c35-30-20-13-5-4-12-19(20)28-29(34-23-16-8-7-15-22(23)33-28)26(30)25(18-10-2-1-3-11-18)27-31(36)21-14-6-9-17-24(21)38-32(27)37/h1-17,25,35-36H. The molecular weight excluding hydrogens is 476 g/mol. The first-order valence-corrected chi connectivity index (χ1v) is 12.2. The van der Waals surface area contributed by atoms with E-state index in [1.807, 2.05) is 78.9 Å². The van der Waals surface area contributed by atoms with E-state index in [2.05, 4.69) is 0 Å². The summed E-state index contributed by atoms with van der Waals surface area (Å²) in [6.45, 7) is 0. The van der Waals surface area contributed by atoms with Gasteiger partial charge < -0.3 is 14.6 Å². The zero-order valence-electron chi connectivity index (χ0n) is 20.0. The molecular formula is C32H20N2O4. The van der Waals surface area contributed by atoms with Crippen molar-refractivity contribution in [3.05, 3.63) is 130 Å². The van der Waals surface area contributed by atoms with Crippen molar-refractivity contribution >= 4 is 43.8 Å². The molecule has 7 rings (SSSR count). The van der Waals surface area contributed by atoms with E-state index in [4.69, 9.17) is 14.4 Å². The number of phenolic OH excluding ortho intramolecular Hbond substituents is 1. The first kappa shape index (κ1) is 22.0. The normalized spacial score (nSPS) is 12.4. The summed E-state index contributed by atoms with van der Waals surface area (Å²) in [6.07, 6.45) is 0. The number of hydrogen-bond acceptors (Lipinski definition) is 6. The van der Waals surface area contributed by atoms with Crippen molar-refractivity contribution in [3.63, 3.8) is 0 Å². The number of nitrogens with zero attached hydrogens (tertiary/aromatic N) is 2. The van der Waals surface area contributed by atoms with Gasteiger partial charge in [0, 0.05) is 16.3 Å². The van der Waals surface area contributed by atoms with Crippen molar-refractivity contribution in [2.45, 2.75) is 5.92 Å². The lowest BCUT2D eigenvalue weighted by molar-refractivity contribution is 0.451. The summed E-state index contributed by atoms with van der Waals surface area (Å²) in [6, 6.07) is 31.1. The van der Waals surface area contributed by atoms with Crippen molar-refractivity contribution in [1.29, 1.82) is 0 Å². The second kappa shape index (κ2) is 8.42. The summed E-state index contributed by atoms with van der Waals surface area (Å²) in [5, 5.41) is 25.0. The van der Waals surface area contributed by atoms with Gasteiger partial charge in [0.25, 0.3) is 0 Å².